The highest BCUT2D eigenvalue weighted by atomic mass is 32.2. The number of carbonyl (C=O) groups excluding carboxylic acids is 2. The van der Waals surface area contributed by atoms with E-state index in [4.69, 9.17) is 0 Å². The lowest BCUT2D eigenvalue weighted by atomic mass is 10.1. The van der Waals surface area contributed by atoms with Gasteiger partial charge in [0.15, 0.2) is 0 Å². The van der Waals surface area contributed by atoms with Crippen LogP contribution >= 0.6 is 11.8 Å². The topological polar surface area (TPSA) is 102 Å². The zero-order valence-electron chi connectivity index (χ0n) is 15.5. The predicted octanol–water partition coefficient (Wildman–Crippen LogP) is 2.91. The highest BCUT2D eigenvalue weighted by Crippen LogP contribution is 2.21. The van der Waals surface area contributed by atoms with E-state index in [9.17, 15) is 9.59 Å². The molecule has 0 spiro atoms. The minimum absolute atomic E-state index is 0.143. The van der Waals surface area contributed by atoms with Gasteiger partial charge in [-0.2, -0.15) is 4.68 Å². The van der Waals surface area contributed by atoms with Gasteiger partial charge in [-0.15, -0.1) is 5.10 Å². The standard InChI is InChI=1S/C19H20N6O2S/c1-3-14-6-4-5-7-17(14)25-19(22-23-24-25)28-12-18(27)21-16-10-8-15(9-11-16)20-13(2)26/h4-11H,3,12H2,1-2H3,(H,20,26)(H,21,27). The number of hydrogen-bond donors (Lipinski definition) is 2. The average Bonchev–Trinajstić information content (AvgIpc) is 3.16. The van der Waals surface area contributed by atoms with E-state index in [2.05, 4.69) is 33.1 Å². The molecule has 3 rings (SSSR count). The summed E-state index contributed by atoms with van der Waals surface area (Å²) >= 11 is 1.26. The molecule has 0 aliphatic heterocycles. The second-order valence-electron chi connectivity index (χ2n) is 5.95. The summed E-state index contributed by atoms with van der Waals surface area (Å²) in [5.41, 5.74) is 3.36. The van der Waals surface area contributed by atoms with E-state index in [0.717, 1.165) is 17.7 Å². The zero-order valence-corrected chi connectivity index (χ0v) is 16.4. The molecule has 28 heavy (non-hydrogen) atoms. The Bertz CT molecular complexity index is 971. The highest BCUT2D eigenvalue weighted by molar-refractivity contribution is 7.99. The zero-order chi connectivity index (χ0) is 19.9. The predicted molar refractivity (Wildman–Crippen MR) is 109 cm³/mol. The highest BCUT2D eigenvalue weighted by Gasteiger charge is 2.13. The molecule has 0 saturated heterocycles. The van der Waals surface area contributed by atoms with Gasteiger partial charge in [-0.05, 0) is 52.7 Å². The van der Waals surface area contributed by atoms with Crippen molar-refractivity contribution in [2.45, 2.75) is 25.4 Å². The fraction of sp³-hybridized carbons (Fsp3) is 0.211. The average molecular weight is 396 g/mol. The molecule has 3 aromatic rings. The maximum absolute atomic E-state index is 12.3. The molecule has 0 saturated carbocycles. The molecule has 0 fully saturated rings. The van der Waals surface area contributed by atoms with Gasteiger partial charge in [0.2, 0.25) is 17.0 Å². The number of nitrogens with zero attached hydrogens (tertiary/aromatic N) is 4. The van der Waals surface area contributed by atoms with Gasteiger partial charge in [-0.25, -0.2) is 0 Å². The van der Waals surface area contributed by atoms with Crippen molar-refractivity contribution in [1.82, 2.24) is 20.2 Å². The molecule has 0 radical (unpaired) electrons. The number of aryl methyl sites for hydroxylation is 1. The SMILES string of the molecule is CCc1ccccc1-n1nnnc1SCC(=O)Nc1ccc(NC(C)=O)cc1. The third-order valence-corrected chi connectivity index (χ3v) is 4.78. The minimum Gasteiger partial charge on any atom is -0.326 e. The summed E-state index contributed by atoms with van der Waals surface area (Å²) in [6.07, 6.45) is 0.856. The number of carbonyl (C=O) groups is 2. The van der Waals surface area contributed by atoms with Gasteiger partial charge in [-0.1, -0.05) is 36.9 Å². The summed E-state index contributed by atoms with van der Waals surface area (Å²) in [6, 6.07) is 14.8. The Hall–Kier alpha value is -3.20. The van der Waals surface area contributed by atoms with Crippen LogP contribution in [-0.4, -0.2) is 37.8 Å². The van der Waals surface area contributed by atoms with E-state index in [1.165, 1.54) is 18.7 Å². The van der Waals surface area contributed by atoms with E-state index in [1.54, 1.807) is 28.9 Å². The Morgan fingerprint density at radius 1 is 1.04 bits per heavy atom. The first-order valence-corrected chi connectivity index (χ1v) is 9.72. The van der Waals surface area contributed by atoms with E-state index < -0.39 is 0 Å². The van der Waals surface area contributed by atoms with Crippen molar-refractivity contribution in [3.8, 4) is 5.69 Å². The van der Waals surface area contributed by atoms with Crippen molar-refractivity contribution in [3.63, 3.8) is 0 Å². The van der Waals surface area contributed by atoms with Crippen LogP contribution in [0, 0.1) is 0 Å². The molecule has 0 atom stereocenters. The van der Waals surface area contributed by atoms with Gasteiger partial charge >= 0.3 is 0 Å². The van der Waals surface area contributed by atoms with Crippen LogP contribution in [0.1, 0.15) is 19.4 Å². The van der Waals surface area contributed by atoms with Crippen LogP contribution in [0.3, 0.4) is 0 Å². The maximum atomic E-state index is 12.3. The van der Waals surface area contributed by atoms with Gasteiger partial charge in [0, 0.05) is 18.3 Å². The maximum Gasteiger partial charge on any atom is 0.234 e. The van der Waals surface area contributed by atoms with Crippen molar-refractivity contribution in [2.75, 3.05) is 16.4 Å². The fourth-order valence-corrected chi connectivity index (χ4v) is 3.29. The van der Waals surface area contributed by atoms with Gasteiger partial charge in [0.25, 0.3) is 0 Å². The molecule has 0 aliphatic carbocycles. The molecule has 0 aliphatic rings. The molecule has 2 amide bonds. The second kappa shape index (κ2) is 9.14. The van der Waals surface area contributed by atoms with Crippen molar-refractivity contribution in [2.24, 2.45) is 0 Å². The molecular weight excluding hydrogens is 376 g/mol. The van der Waals surface area contributed by atoms with Gasteiger partial charge < -0.3 is 10.6 Å². The lowest BCUT2D eigenvalue weighted by Gasteiger charge is -2.09. The first-order chi connectivity index (χ1) is 13.6. The van der Waals surface area contributed by atoms with Crippen molar-refractivity contribution in [3.05, 3.63) is 54.1 Å². The third-order valence-electron chi connectivity index (χ3n) is 3.86. The lowest BCUT2D eigenvalue weighted by Crippen LogP contribution is -2.15. The molecular formula is C19H20N6O2S. The van der Waals surface area contributed by atoms with Crippen LogP contribution < -0.4 is 10.6 Å². The van der Waals surface area contributed by atoms with Crippen LogP contribution in [0.5, 0.6) is 0 Å². The summed E-state index contributed by atoms with van der Waals surface area (Å²) < 4.78 is 1.65. The van der Waals surface area contributed by atoms with Crippen molar-refractivity contribution in [1.29, 1.82) is 0 Å². The lowest BCUT2D eigenvalue weighted by molar-refractivity contribution is -0.114. The van der Waals surface area contributed by atoms with Crippen LogP contribution in [-0.2, 0) is 16.0 Å². The summed E-state index contributed by atoms with van der Waals surface area (Å²) in [4.78, 5) is 23.3. The largest absolute Gasteiger partial charge is 0.326 e. The number of nitrogens with one attached hydrogen (secondary N) is 2. The Labute approximate surface area is 166 Å². The molecule has 1 aromatic heterocycles. The number of aromatic nitrogens is 4. The molecule has 2 N–H and O–H groups in total. The van der Waals surface area contributed by atoms with Crippen molar-refractivity contribution < 1.29 is 9.59 Å². The van der Waals surface area contributed by atoms with Crippen molar-refractivity contribution >= 4 is 35.0 Å². The van der Waals surface area contributed by atoms with E-state index >= 15 is 0 Å². The van der Waals surface area contributed by atoms with Crippen LogP contribution in [0.25, 0.3) is 5.69 Å². The quantitative estimate of drug-likeness (QED) is 0.596. The molecule has 0 bridgehead atoms. The molecule has 0 unspecified atom stereocenters. The van der Waals surface area contributed by atoms with E-state index in [0.29, 0.717) is 16.5 Å². The van der Waals surface area contributed by atoms with Crippen LogP contribution in [0.4, 0.5) is 11.4 Å². The van der Waals surface area contributed by atoms with Gasteiger partial charge in [-0.3, -0.25) is 9.59 Å². The number of amides is 2. The number of tetrazole rings is 1. The summed E-state index contributed by atoms with van der Waals surface area (Å²) in [5, 5.41) is 17.9. The molecule has 1 heterocycles. The van der Waals surface area contributed by atoms with Crippen LogP contribution in [0.2, 0.25) is 0 Å². The number of benzene rings is 2. The summed E-state index contributed by atoms with van der Waals surface area (Å²) in [7, 11) is 0. The number of rotatable bonds is 7. The Morgan fingerprint density at radius 2 is 1.71 bits per heavy atom. The fourth-order valence-electron chi connectivity index (χ4n) is 2.60. The van der Waals surface area contributed by atoms with E-state index in [1.807, 2.05) is 24.3 Å². The van der Waals surface area contributed by atoms with E-state index in [-0.39, 0.29) is 17.6 Å². The Morgan fingerprint density at radius 3 is 2.39 bits per heavy atom. The monoisotopic (exact) mass is 396 g/mol. The molecule has 144 valence electrons. The normalized spacial score (nSPS) is 10.5. The van der Waals surface area contributed by atoms with Gasteiger partial charge in [0.05, 0.1) is 11.4 Å². The molecule has 2 aromatic carbocycles. The number of thioether (sulfide) groups is 1. The first-order valence-electron chi connectivity index (χ1n) is 8.73. The minimum atomic E-state index is -0.171. The number of anilines is 2. The third kappa shape index (κ3) is 4.95. The first kappa shape index (κ1) is 19.6. The summed E-state index contributed by atoms with van der Waals surface area (Å²) in [5.74, 6) is -0.145. The summed E-state index contributed by atoms with van der Waals surface area (Å²) in [6.45, 7) is 3.51. The Kier molecular flexibility index (Phi) is 6.38. The second-order valence-corrected chi connectivity index (χ2v) is 6.89. The molecule has 9 heteroatoms. The van der Waals surface area contributed by atoms with Gasteiger partial charge in [0.1, 0.15) is 0 Å². The molecule has 8 nitrogen and oxygen atoms in total. The van der Waals surface area contributed by atoms with Crippen LogP contribution in [0.15, 0.2) is 53.7 Å². The number of para-hydroxylation sites is 1. The number of hydrogen-bond acceptors (Lipinski definition) is 6. The smallest absolute Gasteiger partial charge is 0.234 e. The Balaban J connectivity index is 1.61.